The third-order valence-corrected chi connectivity index (χ3v) is 5.38. The zero-order chi connectivity index (χ0) is 13.9. The average Bonchev–Trinajstić information content (AvgIpc) is 2.40. The molecule has 0 aliphatic rings. The molecule has 0 saturated heterocycles. The fraction of sp³-hybridized carbons (Fsp3) is 0. The SMILES string of the molecule is O=S(=O)(OS(=O)(=O)c1ccccc1)c1ccccc1.[CsH].[RbH]. The Kier molecular flexibility index (Phi) is 11.3. The van der Waals surface area contributed by atoms with Crippen LogP contribution in [-0.2, 0) is 23.9 Å². The third-order valence-electron chi connectivity index (χ3n) is 2.24. The first-order valence-corrected chi connectivity index (χ1v) is 8.05. The molecule has 5 nitrogen and oxygen atoms in total. The molecule has 0 spiro atoms. The van der Waals surface area contributed by atoms with Gasteiger partial charge in [-0.3, -0.25) is 0 Å². The van der Waals surface area contributed by atoms with Crippen LogP contribution in [0.3, 0.4) is 0 Å². The standard InChI is InChI=1S/C12H10O5S2.Cs.Rb.2H/c13-18(14,11-7-3-1-4-8-11)17-19(15,16)12-9-5-2-6-10-12;;;;/h1-10H;;;;. The van der Waals surface area contributed by atoms with E-state index in [2.05, 4.69) is 3.63 Å². The monoisotopic (exact) mass is 518 g/mol. The second kappa shape index (κ2) is 10.2. The molecule has 0 unspecified atom stereocenters. The van der Waals surface area contributed by atoms with Gasteiger partial charge in [0.15, 0.2) is 0 Å². The Morgan fingerprint density at radius 3 is 1.19 bits per heavy atom. The Bertz CT molecular complexity index is 694. The van der Waals surface area contributed by atoms with Gasteiger partial charge in [-0.1, -0.05) is 36.4 Å². The molecule has 0 heterocycles. The molecule has 0 aliphatic heterocycles. The molecule has 2 aromatic rings. The molecule has 0 amide bonds. The van der Waals surface area contributed by atoms with E-state index in [9.17, 15) is 16.8 Å². The van der Waals surface area contributed by atoms with Crippen molar-refractivity contribution in [3.63, 3.8) is 0 Å². The molecule has 0 aromatic heterocycles. The van der Waals surface area contributed by atoms with Gasteiger partial charge < -0.3 is 0 Å². The van der Waals surface area contributed by atoms with Gasteiger partial charge in [0.1, 0.15) is 0 Å². The summed E-state index contributed by atoms with van der Waals surface area (Å²) in [7, 11) is -8.71. The zero-order valence-electron chi connectivity index (χ0n) is 9.63. The molecular formula is C12H12CsO5RbS2. The van der Waals surface area contributed by atoms with Crippen molar-refractivity contribution < 1.29 is 20.5 Å². The van der Waals surface area contributed by atoms with Crippen LogP contribution in [0.15, 0.2) is 70.5 Å². The quantitative estimate of drug-likeness (QED) is 0.589. The van der Waals surface area contributed by atoms with Crippen molar-refractivity contribution in [1.29, 1.82) is 0 Å². The van der Waals surface area contributed by atoms with Crippen LogP contribution in [0, 0.1) is 0 Å². The van der Waals surface area contributed by atoms with Crippen molar-refractivity contribution >= 4 is 147 Å². The molecule has 0 atom stereocenters. The molecule has 0 aliphatic carbocycles. The third kappa shape index (κ3) is 6.89. The predicted molar refractivity (Wildman–Crippen MR) is 82.6 cm³/mol. The number of rotatable bonds is 4. The normalized spacial score (nSPS) is 11.0. The van der Waals surface area contributed by atoms with E-state index >= 15 is 0 Å². The van der Waals surface area contributed by atoms with E-state index < -0.39 is 20.2 Å². The van der Waals surface area contributed by atoms with E-state index in [4.69, 9.17) is 0 Å². The van der Waals surface area contributed by atoms with Crippen LogP contribution in [-0.4, -0.2) is 144 Å². The van der Waals surface area contributed by atoms with Gasteiger partial charge in [0.05, 0.1) is 9.79 Å². The van der Waals surface area contributed by atoms with Gasteiger partial charge in [-0.15, -0.1) is 3.63 Å². The Balaban J connectivity index is 0.00000200. The molecule has 9 heteroatoms. The van der Waals surface area contributed by atoms with Gasteiger partial charge >= 0.3 is 147 Å². The first-order chi connectivity index (χ1) is 8.92. The van der Waals surface area contributed by atoms with Crippen LogP contribution in [0.5, 0.6) is 0 Å². The summed E-state index contributed by atoms with van der Waals surface area (Å²) >= 11 is 0. The fourth-order valence-corrected chi connectivity index (χ4v) is 3.92. The summed E-state index contributed by atoms with van der Waals surface area (Å²) in [6, 6.07) is 14.2. The van der Waals surface area contributed by atoms with Crippen LogP contribution in [0.25, 0.3) is 0 Å². The van der Waals surface area contributed by atoms with Crippen molar-refractivity contribution in [3.05, 3.63) is 60.7 Å². The van der Waals surface area contributed by atoms with Crippen molar-refractivity contribution in [1.82, 2.24) is 0 Å². The zero-order valence-corrected chi connectivity index (χ0v) is 11.3. The Morgan fingerprint density at radius 1 is 0.619 bits per heavy atom. The van der Waals surface area contributed by atoms with Crippen molar-refractivity contribution in [2.45, 2.75) is 9.79 Å². The number of benzene rings is 2. The van der Waals surface area contributed by atoms with E-state index in [0.717, 1.165) is 0 Å². The summed E-state index contributed by atoms with van der Waals surface area (Å²) in [6.45, 7) is 0. The second-order valence-corrected chi connectivity index (χ2v) is 6.91. The van der Waals surface area contributed by atoms with Crippen molar-refractivity contribution in [2.24, 2.45) is 0 Å². The Hall–Kier alpha value is 2.16. The second-order valence-electron chi connectivity index (χ2n) is 3.60. The maximum atomic E-state index is 11.8. The molecule has 104 valence electrons. The summed E-state index contributed by atoms with van der Waals surface area (Å²) in [4.78, 5) is -0.427. The topological polar surface area (TPSA) is 77.5 Å². The van der Waals surface area contributed by atoms with E-state index in [0.29, 0.717) is 0 Å². The van der Waals surface area contributed by atoms with Gasteiger partial charge in [-0.2, -0.15) is 16.8 Å². The van der Waals surface area contributed by atoms with Gasteiger partial charge in [-0.05, 0) is 24.3 Å². The molecule has 0 saturated carbocycles. The van der Waals surface area contributed by atoms with Gasteiger partial charge in [-0.25, -0.2) is 0 Å². The molecule has 0 fully saturated rings. The van der Waals surface area contributed by atoms with Crippen LogP contribution in [0.4, 0.5) is 0 Å². The first-order valence-electron chi connectivity index (χ1n) is 5.23. The van der Waals surface area contributed by atoms with Gasteiger partial charge in [0, 0.05) is 0 Å². The fourth-order valence-electron chi connectivity index (χ4n) is 1.37. The number of hydrogen-bond acceptors (Lipinski definition) is 5. The Labute approximate surface area is 232 Å². The molecule has 21 heavy (non-hydrogen) atoms. The van der Waals surface area contributed by atoms with Crippen LogP contribution in [0.2, 0.25) is 0 Å². The summed E-state index contributed by atoms with van der Waals surface area (Å²) in [5.41, 5.74) is 0. The van der Waals surface area contributed by atoms with E-state index in [-0.39, 0.29) is 137 Å². The van der Waals surface area contributed by atoms with Crippen molar-refractivity contribution in [2.75, 3.05) is 0 Å². The molecule has 0 bridgehead atoms. The van der Waals surface area contributed by atoms with Crippen LogP contribution in [0.1, 0.15) is 0 Å². The molecule has 0 radical (unpaired) electrons. The number of hydrogen-bond donors (Lipinski definition) is 0. The van der Waals surface area contributed by atoms with E-state index in [1.54, 1.807) is 12.1 Å². The molecule has 2 aromatic carbocycles. The molecular weight excluding hydrogens is 507 g/mol. The van der Waals surface area contributed by atoms with Gasteiger partial charge in [0.2, 0.25) is 0 Å². The predicted octanol–water partition coefficient (Wildman–Crippen LogP) is 0.484. The van der Waals surface area contributed by atoms with Crippen LogP contribution >= 0.6 is 0 Å². The summed E-state index contributed by atoms with van der Waals surface area (Å²) in [6.07, 6.45) is 0. The van der Waals surface area contributed by atoms with Crippen molar-refractivity contribution in [3.8, 4) is 0 Å². The van der Waals surface area contributed by atoms with Crippen LogP contribution < -0.4 is 0 Å². The van der Waals surface area contributed by atoms with E-state index in [1.807, 2.05) is 0 Å². The molecule has 2 rings (SSSR count). The Morgan fingerprint density at radius 2 is 0.905 bits per heavy atom. The summed E-state index contributed by atoms with van der Waals surface area (Å²) in [5, 5.41) is 0. The first kappa shape index (κ1) is 23.2. The molecule has 0 N–H and O–H groups in total. The average molecular weight is 519 g/mol. The van der Waals surface area contributed by atoms with Gasteiger partial charge in [0.25, 0.3) is 0 Å². The van der Waals surface area contributed by atoms with E-state index in [1.165, 1.54) is 48.5 Å². The summed E-state index contributed by atoms with van der Waals surface area (Å²) in [5.74, 6) is 0. The summed E-state index contributed by atoms with van der Waals surface area (Å²) < 4.78 is 51.6. The minimum absolute atomic E-state index is 0. The minimum atomic E-state index is -4.35. The maximum absolute atomic E-state index is 11.8.